The van der Waals surface area contributed by atoms with E-state index >= 15 is 0 Å². The van der Waals surface area contributed by atoms with Gasteiger partial charge in [0, 0.05) is 12.3 Å². The predicted molar refractivity (Wildman–Crippen MR) is 149 cm³/mol. The van der Waals surface area contributed by atoms with Gasteiger partial charge in [0.2, 0.25) is 0 Å². The third-order valence-corrected chi connectivity index (χ3v) is 12.0. The minimum Gasteiger partial charge on any atom is -0.469 e. The highest BCUT2D eigenvalue weighted by Gasteiger charge is 2.82. The van der Waals surface area contributed by atoms with Crippen LogP contribution in [0.3, 0.4) is 0 Å². The summed E-state index contributed by atoms with van der Waals surface area (Å²) in [4.78, 5) is 52.7. The molecule has 1 N–H and O–H groups in total. The molecule has 42 heavy (non-hydrogen) atoms. The molecule has 5 fully saturated rings. The normalized spacial score (nSPS) is 47.1. The van der Waals surface area contributed by atoms with E-state index in [1.54, 1.807) is 27.7 Å². The van der Waals surface area contributed by atoms with Crippen molar-refractivity contribution in [2.45, 2.75) is 123 Å². The second kappa shape index (κ2) is 9.78. The Bertz CT molecular complexity index is 1210. The van der Waals surface area contributed by atoms with Crippen LogP contribution in [0.1, 0.15) is 87.0 Å². The lowest BCUT2D eigenvalue weighted by Crippen LogP contribution is -2.78. The largest absolute Gasteiger partial charge is 0.469 e. The zero-order valence-corrected chi connectivity index (χ0v) is 26.1. The van der Waals surface area contributed by atoms with Gasteiger partial charge in [-0.1, -0.05) is 27.4 Å². The Morgan fingerprint density at radius 1 is 1.00 bits per heavy atom. The molecule has 1 heterocycles. The number of methoxy groups -OCH3 is 1. The van der Waals surface area contributed by atoms with Crippen LogP contribution in [-0.2, 0) is 42.9 Å². The molecule has 0 aromatic heterocycles. The summed E-state index contributed by atoms with van der Waals surface area (Å²) in [6.07, 6.45) is -0.930. The Kier molecular flexibility index (Phi) is 7.21. The van der Waals surface area contributed by atoms with Crippen LogP contribution in [0, 0.1) is 34.0 Å². The number of ether oxygens (including phenoxy) is 5. The van der Waals surface area contributed by atoms with E-state index in [1.807, 2.05) is 13.8 Å². The van der Waals surface area contributed by atoms with Crippen LogP contribution in [-0.4, -0.2) is 71.7 Å². The second-order valence-electron chi connectivity index (χ2n) is 14.3. The summed E-state index contributed by atoms with van der Waals surface area (Å²) < 4.78 is 29.4. The van der Waals surface area contributed by atoms with Gasteiger partial charge >= 0.3 is 23.9 Å². The highest BCUT2D eigenvalue weighted by atomic mass is 16.7. The molecular formula is C32H46O10. The first-order valence-electron chi connectivity index (χ1n) is 15.2. The van der Waals surface area contributed by atoms with Gasteiger partial charge in [0.05, 0.1) is 35.6 Å². The maximum atomic E-state index is 13.5. The molecule has 11 atom stereocenters. The standard InChI is InChI=1S/C32H46O10/c1-16(2)25(34)40-23-14-21-28(6,26(35)38-9)12-11-22(41-27(36)30(8)18(4)42-30)29(21,7)32(37)13-10-20-15-31(23,32)24(17(20)3)39-19(5)33/h16,18,20-24,37H,3,10-15H2,1-2,4-9H3/t18-,20-,21-,22-,23+,24-,28-,29+,30+,31-,32-/m1/s1. The maximum Gasteiger partial charge on any atom is 0.341 e. The molecule has 4 saturated carbocycles. The van der Waals surface area contributed by atoms with E-state index in [4.69, 9.17) is 23.7 Å². The van der Waals surface area contributed by atoms with Crippen LogP contribution in [0.4, 0.5) is 0 Å². The van der Waals surface area contributed by atoms with Crippen molar-refractivity contribution in [1.29, 1.82) is 0 Å². The number of hydrogen-bond donors (Lipinski definition) is 1. The minimum atomic E-state index is -1.68. The first kappa shape index (κ1) is 31.0. The van der Waals surface area contributed by atoms with Crippen LogP contribution in [0.25, 0.3) is 0 Å². The lowest BCUT2D eigenvalue weighted by atomic mass is 9.37. The lowest BCUT2D eigenvalue weighted by molar-refractivity contribution is -0.332. The molecule has 1 spiro atoms. The summed E-state index contributed by atoms with van der Waals surface area (Å²) in [5.41, 5.74) is -5.64. The van der Waals surface area contributed by atoms with Crippen molar-refractivity contribution in [3.05, 3.63) is 12.2 Å². The number of rotatable bonds is 6. The van der Waals surface area contributed by atoms with Crippen LogP contribution < -0.4 is 0 Å². The van der Waals surface area contributed by atoms with E-state index in [0.29, 0.717) is 31.3 Å². The summed E-state index contributed by atoms with van der Waals surface area (Å²) in [7, 11) is 1.34. The second-order valence-corrected chi connectivity index (χ2v) is 14.3. The summed E-state index contributed by atoms with van der Waals surface area (Å²) in [6, 6.07) is 0. The van der Waals surface area contributed by atoms with Crippen LogP contribution in [0.15, 0.2) is 12.2 Å². The maximum absolute atomic E-state index is 13.5. The Morgan fingerprint density at radius 3 is 2.19 bits per heavy atom. The van der Waals surface area contributed by atoms with E-state index in [0.717, 1.165) is 0 Å². The predicted octanol–water partition coefficient (Wildman–Crippen LogP) is 3.66. The molecule has 0 amide bonds. The number of fused-ring (bicyclic) bond motifs is 3. The summed E-state index contributed by atoms with van der Waals surface area (Å²) >= 11 is 0. The monoisotopic (exact) mass is 590 g/mol. The van der Waals surface area contributed by atoms with Gasteiger partial charge in [0.1, 0.15) is 18.3 Å². The number of aliphatic hydroxyl groups is 1. The SMILES string of the molecule is C=C1[C@@H]2CC[C@@]3(O)[C@]4(C)[C@H](OC(=O)[C@@]5(C)O[C@@H]5C)CC[C@@](C)(C(=O)OC)[C@H]4C[C@H](OC(=O)C(C)C)[C@]3(C2)[C@@H]1OC(C)=O. The van der Waals surface area contributed by atoms with Gasteiger partial charge in [-0.15, -0.1) is 0 Å². The average Bonchev–Trinajstić information content (AvgIpc) is 3.48. The number of esters is 4. The van der Waals surface area contributed by atoms with Crippen LogP contribution in [0.5, 0.6) is 0 Å². The fourth-order valence-corrected chi connectivity index (χ4v) is 9.32. The van der Waals surface area contributed by atoms with Gasteiger partial charge in [-0.05, 0) is 76.7 Å². The molecular weight excluding hydrogens is 544 g/mol. The molecule has 0 aromatic carbocycles. The Labute approximate surface area is 247 Å². The number of carbonyl (C=O) groups is 4. The Balaban J connectivity index is 1.72. The van der Waals surface area contributed by atoms with E-state index < -0.39 is 81.5 Å². The molecule has 1 aliphatic heterocycles. The molecule has 4 aliphatic carbocycles. The van der Waals surface area contributed by atoms with E-state index in [-0.39, 0.29) is 24.9 Å². The smallest absolute Gasteiger partial charge is 0.341 e. The van der Waals surface area contributed by atoms with Crippen molar-refractivity contribution in [3.63, 3.8) is 0 Å². The topological polar surface area (TPSA) is 138 Å². The van der Waals surface area contributed by atoms with E-state index in [1.165, 1.54) is 14.0 Å². The molecule has 0 aromatic rings. The van der Waals surface area contributed by atoms with Crippen molar-refractivity contribution in [2.24, 2.45) is 34.0 Å². The van der Waals surface area contributed by atoms with E-state index in [2.05, 4.69) is 6.58 Å². The zero-order valence-electron chi connectivity index (χ0n) is 26.1. The van der Waals surface area contributed by atoms with Crippen molar-refractivity contribution in [2.75, 3.05) is 7.11 Å². The Morgan fingerprint density at radius 2 is 1.64 bits per heavy atom. The first-order chi connectivity index (χ1) is 19.4. The third kappa shape index (κ3) is 3.89. The zero-order chi connectivity index (χ0) is 31.2. The van der Waals surface area contributed by atoms with Gasteiger partial charge in [0.25, 0.3) is 0 Å². The molecule has 0 radical (unpaired) electrons. The number of hydrogen-bond acceptors (Lipinski definition) is 10. The quantitative estimate of drug-likeness (QED) is 0.211. The molecule has 1 saturated heterocycles. The molecule has 10 heteroatoms. The molecule has 234 valence electrons. The minimum absolute atomic E-state index is 0.0637. The van der Waals surface area contributed by atoms with Crippen molar-refractivity contribution >= 4 is 23.9 Å². The molecule has 2 bridgehead atoms. The Hall–Kier alpha value is -2.46. The van der Waals surface area contributed by atoms with Gasteiger partial charge in [-0.3, -0.25) is 14.4 Å². The summed E-state index contributed by atoms with van der Waals surface area (Å²) in [5, 5.41) is 13.4. The van der Waals surface area contributed by atoms with Gasteiger partial charge in [0.15, 0.2) is 5.60 Å². The van der Waals surface area contributed by atoms with E-state index in [9.17, 15) is 24.3 Å². The van der Waals surface area contributed by atoms with Gasteiger partial charge < -0.3 is 28.8 Å². The molecule has 5 rings (SSSR count). The van der Waals surface area contributed by atoms with Gasteiger partial charge in [-0.2, -0.15) is 0 Å². The molecule has 10 nitrogen and oxygen atoms in total. The van der Waals surface area contributed by atoms with Crippen LogP contribution >= 0.6 is 0 Å². The van der Waals surface area contributed by atoms with Gasteiger partial charge in [-0.25, -0.2) is 4.79 Å². The average molecular weight is 591 g/mol. The van der Waals surface area contributed by atoms with Crippen molar-refractivity contribution in [3.8, 4) is 0 Å². The fourth-order valence-electron chi connectivity index (χ4n) is 9.32. The molecule has 5 aliphatic rings. The molecule has 0 unspecified atom stereocenters. The van der Waals surface area contributed by atoms with Crippen LogP contribution in [0.2, 0.25) is 0 Å². The number of epoxide rings is 1. The highest BCUT2D eigenvalue weighted by Crippen LogP contribution is 2.75. The highest BCUT2D eigenvalue weighted by molar-refractivity contribution is 5.83. The first-order valence-corrected chi connectivity index (χ1v) is 15.2. The van der Waals surface area contributed by atoms with Crippen molar-refractivity contribution in [1.82, 2.24) is 0 Å². The van der Waals surface area contributed by atoms with Crippen molar-refractivity contribution < 1.29 is 48.0 Å². The summed E-state index contributed by atoms with van der Waals surface area (Å²) in [6.45, 7) is 16.3. The third-order valence-electron chi connectivity index (χ3n) is 12.0. The summed E-state index contributed by atoms with van der Waals surface area (Å²) in [5.74, 6) is -3.08. The number of carbonyl (C=O) groups excluding carboxylic acids is 4. The fraction of sp³-hybridized carbons (Fsp3) is 0.812. The lowest BCUT2D eigenvalue weighted by Gasteiger charge is -2.70.